The van der Waals surface area contributed by atoms with Crippen molar-refractivity contribution in [3.8, 4) is 0 Å². The zero-order valence-corrected chi connectivity index (χ0v) is 16.7. The maximum absolute atomic E-state index is 11.3. The van der Waals surface area contributed by atoms with Gasteiger partial charge in [0.25, 0.3) is 0 Å². The first kappa shape index (κ1) is 19.8. The molecule has 0 aromatic rings. The molecule has 0 spiro atoms. The molecule has 1 aliphatic rings. The molecule has 0 N–H and O–H groups in total. The molecule has 22 heavy (non-hydrogen) atoms. The Morgan fingerprint density at radius 3 is 1.77 bits per heavy atom. The second kappa shape index (κ2) is 7.12. The van der Waals surface area contributed by atoms with Gasteiger partial charge in [0.15, 0.2) is 12.1 Å². The van der Waals surface area contributed by atoms with Gasteiger partial charge >= 0.3 is 0 Å². The summed E-state index contributed by atoms with van der Waals surface area (Å²) in [5, 5.41) is 0. The minimum atomic E-state index is -2.00. The molecule has 0 bridgehead atoms. The summed E-state index contributed by atoms with van der Waals surface area (Å²) in [4.78, 5) is 11.3. The van der Waals surface area contributed by atoms with Crippen LogP contribution in [0, 0.1) is 0 Å². The standard InChI is InChI=1S/C17H34O4Si/c1-11(2)22(12(3)4,13(5)6)21-14(7)16-15(10-18)19-17(8,9)20-16/h10-16H,1-9H3/t14-,15-,16-/m0/s1. The van der Waals surface area contributed by atoms with E-state index < -0.39 is 20.2 Å². The number of rotatable bonds is 7. The van der Waals surface area contributed by atoms with E-state index in [0.29, 0.717) is 16.6 Å². The Kier molecular flexibility index (Phi) is 6.41. The highest BCUT2D eigenvalue weighted by atomic mass is 28.4. The molecule has 1 rings (SSSR count). The molecule has 130 valence electrons. The maximum Gasteiger partial charge on any atom is 0.200 e. The van der Waals surface area contributed by atoms with E-state index in [1.54, 1.807) is 0 Å². The fraction of sp³-hybridized carbons (Fsp3) is 0.941. The first-order chi connectivity index (χ1) is 9.97. The second-order valence-corrected chi connectivity index (χ2v) is 13.2. The smallest absolute Gasteiger partial charge is 0.200 e. The molecule has 0 aromatic carbocycles. The van der Waals surface area contributed by atoms with Gasteiger partial charge in [0, 0.05) is 0 Å². The number of carbonyl (C=O) groups is 1. The fourth-order valence-corrected chi connectivity index (χ4v) is 9.68. The number of hydrogen-bond acceptors (Lipinski definition) is 4. The Hall–Kier alpha value is -0.233. The highest BCUT2D eigenvalue weighted by Gasteiger charge is 2.50. The van der Waals surface area contributed by atoms with Gasteiger partial charge in [-0.3, -0.25) is 0 Å². The van der Waals surface area contributed by atoms with Crippen molar-refractivity contribution < 1.29 is 18.7 Å². The van der Waals surface area contributed by atoms with E-state index in [0.717, 1.165) is 6.29 Å². The van der Waals surface area contributed by atoms with Gasteiger partial charge in [0.2, 0.25) is 8.32 Å². The molecule has 5 heteroatoms. The monoisotopic (exact) mass is 330 g/mol. The third kappa shape index (κ3) is 3.81. The SMILES string of the molecule is CC(C)[Si](O[C@@H](C)[C@@H]1OC(C)(C)O[C@H]1C=O)(C(C)C)C(C)C. The van der Waals surface area contributed by atoms with Crippen LogP contribution >= 0.6 is 0 Å². The van der Waals surface area contributed by atoms with Gasteiger partial charge in [-0.1, -0.05) is 41.5 Å². The first-order valence-corrected chi connectivity index (χ1v) is 10.6. The third-order valence-electron chi connectivity index (χ3n) is 4.86. The molecule has 4 nitrogen and oxygen atoms in total. The summed E-state index contributed by atoms with van der Waals surface area (Å²) in [5.74, 6) is -0.731. The van der Waals surface area contributed by atoms with Crippen LogP contribution in [0.25, 0.3) is 0 Å². The van der Waals surface area contributed by atoms with Crippen molar-refractivity contribution in [1.82, 2.24) is 0 Å². The lowest BCUT2D eigenvalue weighted by Crippen LogP contribution is -2.53. The second-order valence-electron chi connectivity index (χ2n) is 7.84. The Bertz CT molecular complexity index is 357. The predicted octanol–water partition coefficient (Wildman–Crippen LogP) is 4.29. The highest BCUT2D eigenvalue weighted by molar-refractivity contribution is 6.77. The molecule has 0 amide bonds. The van der Waals surface area contributed by atoms with Crippen LogP contribution in [0.5, 0.6) is 0 Å². The van der Waals surface area contributed by atoms with E-state index >= 15 is 0 Å². The molecule has 3 atom stereocenters. The van der Waals surface area contributed by atoms with Crippen molar-refractivity contribution in [1.29, 1.82) is 0 Å². The van der Waals surface area contributed by atoms with Gasteiger partial charge in [0.1, 0.15) is 12.2 Å². The number of hydrogen-bond donors (Lipinski definition) is 0. The Morgan fingerprint density at radius 1 is 0.955 bits per heavy atom. The van der Waals surface area contributed by atoms with E-state index in [2.05, 4.69) is 41.5 Å². The van der Waals surface area contributed by atoms with Crippen molar-refractivity contribution in [2.75, 3.05) is 0 Å². The van der Waals surface area contributed by atoms with Gasteiger partial charge in [-0.25, -0.2) is 0 Å². The van der Waals surface area contributed by atoms with Crippen molar-refractivity contribution in [3.05, 3.63) is 0 Å². The number of carbonyl (C=O) groups excluding carboxylic acids is 1. The minimum Gasteiger partial charge on any atom is -0.411 e. The lowest BCUT2D eigenvalue weighted by atomic mass is 10.1. The Balaban J connectivity index is 3.01. The fourth-order valence-electron chi connectivity index (χ4n) is 4.08. The molecule has 0 radical (unpaired) electrons. The Labute approximate surface area is 137 Å². The molecule has 0 saturated carbocycles. The molecular weight excluding hydrogens is 296 g/mol. The van der Waals surface area contributed by atoms with E-state index in [4.69, 9.17) is 13.9 Å². The largest absolute Gasteiger partial charge is 0.411 e. The number of ether oxygens (including phenoxy) is 2. The third-order valence-corrected chi connectivity index (χ3v) is 11.1. The average Bonchev–Trinajstić information content (AvgIpc) is 2.69. The molecule has 1 saturated heterocycles. The summed E-state index contributed by atoms with van der Waals surface area (Å²) in [7, 11) is -2.00. The summed E-state index contributed by atoms with van der Waals surface area (Å²) >= 11 is 0. The Morgan fingerprint density at radius 2 is 1.41 bits per heavy atom. The van der Waals surface area contributed by atoms with E-state index in [1.807, 2.05) is 20.8 Å². The lowest BCUT2D eigenvalue weighted by Gasteiger charge is -2.45. The van der Waals surface area contributed by atoms with Gasteiger partial charge in [0.05, 0.1) is 6.10 Å². The summed E-state index contributed by atoms with van der Waals surface area (Å²) in [6.45, 7) is 19.2. The van der Waals surface area contributed by atoms with E-state index in [1.165, 1.54) is 0 Å². The van der Waals surface area contributed by atoms with Crippen LogP contribution in [-0.4, -0.2) is 38.7 Å². The van der Waals surface area contributed by atoms with Gasteiger partial charge < -0.3 is 18.7 Å². The topological polar surface area (TPSA) is 44.8 Å². The van der Waals surface area contributed by atoms with E-state index in [-0.39, 0.29) is 12.2 Å². The molecule has 1 aliphatic heterocycles. The molecule has 0 unspecified atom stereocenters. The van der Waals surface area contributed by atoms with Crippen LogP contribution in [0.3, 0.4) is 0 Å². The summed E-state index contributed by atoms with van der Waals surface area (Å²) in [5.41, 5.74) is 1.50. The van der Waals surface area contributed by atoms with Crippen LogP contribution in [0.2, 0.25) is 16.6 Å². The van der Waals surface area contributed by atoms with Crippen molar-refractivity contribution >= 4 is 14.6 Å². The van der Waals surface area contributed by atoms with Crippen LogP contribution in [0.1, 0.15) is 62.3 Å². The zero-order chi connectivity index (χ0) is 17.3. The molecular formula is C17H34O4Si. The van der Waals surface area contributed by atoms with Crippen LogP contribution in [0.15, 0.2) is 0 Å². The predicted molar refractivity (Wildman–Crippen MR) is 91.5 cm³/mol. The maximum atomic E-state index is 11.3. The van der Waals surface area contributed by atoms with Gasteiger partial charge in [-0.05, 0) is 37.4 Å². The molecule has 1 fully saturated rings. The quantitative estimate of drug-likeness (QED) is 0.516. The van der Waals surface area contributed by atoms with Gasteiger partial charge in [-0.2, -0.15) is 0 Å². The lowest BCUT2D eigenvalue weighted by molar-refractivity contribution is -0.155. The normalized spacial score (nSPS) is 26.9. The zero-order valence-electron chi connectivity index (χ0n) is 15.7. The van der Waals surface area contributed by atoms with E-state index in [9.17, 15) is 4.79 Å². The van der Waals surface area contributed by atoms with Crippen LogP contribution < -0.4 is 0 Å². The average molecular weight is 331 g/mol. The first-order valence-electron chi connectivity index (χ1n) is 8.46. The van der Waals surface area contributed by atoms with Crippen molar-refractivity contribution in [2.24, 2.45) is 0 Å². The van der Waals surface area contributed by atoms with Crippen molar-refractivity contribution in [2.45, 2.75) is 103 Å². The summed E-state index contributed by atoms with van der Waals surface area (Å²) in [6, 6.07) is 0. The summed E-state index contributed by atoms with van der Waals surface area (Å²) < 4.78 is 18.3. The number of aldehydes is 1. The van der Waals surface area contributed by atoms with Crippen LogP contribution in [0.4, 0.5) is 0 Å². The molecule has 1 heterocycles. The highest BCUT2D eigenvalue weighted by Crippen LogP contribution is 2.44. The molecule has 0 aliphatic carbocycles. The van der Waals surface area contributed by atoms with Crippen molar-refractivity contribution in [3.63, 3.8) is 0 Å². The molecule has 0 aromatic heterocycles. The summed E-state index contributed by atoms with van der Waals surface area (Å²) in [6.07, 6.45) is -0.211. The minimum absolute atomic E-state index is 0.157. The van der Waals surface area contributed by atoms with Gasteiger partial charge in [-0.15, -0.1) is 0 Å². The van der Waals surface area contributed by atoms with Crippen LogP contribution in [-0.2, 0) is 18.7 Å².